The summed E-state index contributed by atoms with van der Waals surface area (Å²) in [4.78, 5) is 13.5. The maximum absolute atomic E-state index is 13.6. The van der Waals surface area contributed by atoms with E-state index in [4.69, 9.17) is 0 Å². The first-order chi connectivity index (χ1) is 15.5. The van der Waals surface area contributed by atoms with E-state index in [9.17, 15) is 13.2 Å². The fourth-order valence-electron chi connectivity index (χ4n) is 3.89. The number of nitrogens with one attached hydrogen (secondary N) is 2. The van der Waals surface area contributed by atoms with E-state index < -0.39 is 11.7 Å². The number of hydrogen-bond donors (Lipinski definition) is 2. The van der Waals surface area contributed by atoms with Crippen LogP contribution >= 0.6 is 0 Å². The van der Waals surface area contributed by atoms with Crippen molar-refractivity contribution >= 4 is 11.8 Å². The van der Waals surface area contributed by atoms with Crippen molar-refractivity contribution in [2.75, 3.05) is 5.32 Å². The molecule has 6 nitrogen and oxygen atoms in total. The average Bonchev–Trinajstić information content (AvgIpc) is 3.27. The van der Waals surface area contributed by atoms with E-state index in [-0.39, 0.29) is 11.4 Å². The smallest absolute Gasteiger partial charge is 0.307 e. The normalized spacial score (nSPS) is 13.6. The highest BCUT2D eigenvalue weighted by molar-refractivity contribution is 5.66. The summed E-state index contributed by atoms with van der Waals surface area (Å²) >= 11 is 0. The second-order valence-corrected chi connectivity index (χ2v) is 7.57. The minimum absolute atomic E-state index is 0.0416. The van der Waals surface area contributed by atoms with E-state index in [0.29, 0.717) is 24.0 Å². The van der Waals surface area contributed by atoms with Gasteiger partial charge in [-0.15, -0.1) is 5.10 Å². The lowest BCUT2D eigenvalue weighted by molar-refractivity contribution is -0.137. The van der Waals surface area contributed by atoms with Gasteiger partial charge in [-0.05, 0) is 31.7 Å². The Kier molecular flexibility index (Phi) is 5.08. The number of H-pyrrole nitrogens is 1. The average molecular weight is 436 g/mol. The van der Waals surface area contributed by atoms with Crippen LogP contribution in [0.4, 0.5) is 24.9 Å². The minimum Gasteiger partial charge on any atom is -0.307 e. The van der Waals surface area contributed by atoms with Gasteiger partial charge in [0, 0.05) is 22.4 Å². The van der Waals surface area contributed by atoms with Crippen LogP contribution in [0.1, 0.15) is 29.7 Å². The molecule has 9 heteroatoms. The number of alkyl halides is 3. The fourth-order valence-corrected chi connectivity index (χ4v) is 3.89. The molecule has 162 valence electrons. The maximum atomic E-state index is 13.6. The Morgan fingerprint density at radius 2 is 1.59 bits per heavy atom. The van der Waals surface area contributed by atoms with E-state index in [1.807, 2.05) is 30.3 Å². The molecule has 0 fully saturated rings. The number of fused-ring (bicyclic) bond motifs is 1. The van der Waals surface area contributed by atoms with Crippen LogP contribution in [0.3, 0.4) is 0 Å². The van der Waals surface area contributed by atoms with Gasteiger partial charge >= 0.3 is 6.18 Å². The van der Waals surface area contributed by atoms with Crippen LogP contribution in [0, 0.1) is 0 Å². The second kappa shape index (κ2) is 8.07. The SMILES string of the molecule is FC(F)(F)c1ccccc1-c1nc2c(c(Nc3n[nH]c(-c4ccccc4)n3)n1)CCCC2. The third-order valence-corrected chi connectivity index (χ3v) is 5.42. The van der Waals surface area contributed by atoms with Crippen molar-refractivity contribution in [3.8, 4) is 22.8 Å². The molecular formula is C23H19F3N6. The number of halogens is 3. The van der Waals surface area contributed by atoms with Crippen molar-refractivity contribution in [1.82, 2.24) is 25.1 Å². The lowest BCUT2D eigenvalue weighted by atomic mass is 9.96. The van der Waals surface area contributed by atoms with Gasteiger partial charge in [0.25, 0.3) is 0 Å². The van der Waals surface area contributed by atoms with Crippen molar-refractivity contribution in [3.63, 3.8) is 0 Å². The number of nitrogens with zero attached hydrogens (tertiary/aromatic N) is 4. The topological polar surface area (TPSA) is 79.4 Å². The van der Waals surface area contributed by atoms with Crippen molar-refractivity contribution in [2.24, 2.45) is 0 Å². The summed E-state index contributed by atoms with van der Waals surface area (Å²) in [5.74, 6) is 1.37. The monoisotopic (exact) mass is 436 g/mol. The molecule has 0 bridgehead atoms. The third-order valence-electron chi connectivity index (χ3n) is 5.42. The zero-order chi connectivity index (χ0) is 22.1. The number of aromatic nitrogens is 5. The van der Waals surface area contributed by atoms with Crippen molar-refractivity contribution in [2.45, 2.75) is 31.9 Å². The molecule has 32 heavy (non-hydrogen) atoms. The molecule has 2 N–H and O–H groups in total. The van der Waals surface area contributed by atoms with Crippen LogP contribution in [0.5, 0.6) is 0 Å². The maximum Gasteiger partial charge on any atom is 0.417 e. The minimum atomic E-state index is -4.50. The van der Waals surface area contributed by atoms with Gasteiger partial charge in [0.1, 0.15) is 5.82 Å². The molecule has 5 rings (SSSR count). The van der Waals surface area contributed by atoms with Gasteiger partial charge < -0.3 is 5.32 Å². The summed E-state index contributed by atoms with van der Waals surface area (Å²) < 4.78 is 40.8. The third kappa shape index (κ3) is 3.93. The zero-order valence-corrected chi connectivity index (χ0v) is 16.9. The van der Waals surface area contributed by atoms with E-state index in [1.165, 1.54) is 12.1 Å². The molecule has 2 aromatic carbocycles. The number of hydrogen-bond acceptors (Lipinski definition) is 5. The van der Waals surface area contributed by atoms with Crippen LogP contribution in [-0.4, -0.2) is 25.1 Å². The molecule has 0 aliphatic heterocycles. The first-order valence-corrected chi connectivity index (χ1v) is 10.3. The Bertz CT molecular complexity index is 1250. The number of aryl methyl sites for hydroxylation is 1. The molecular weight excluding hydrogens is 417 g/mol. The molecule has 0 saturated carbocycles. The number of anilines is 2. The lowest BCUT2D eigenvalue weighted by Crippen LogP contribution is -2.14. The summed E-state index contributed by atoms with van der Waals surface area (Å²) in [6.45, 7) is 0. The highest BCUT2D eigenvalue weighted by Gasteiger charge is 2.34. The van der Waals surface area contributed by atoms with Crippen molar-refractivity contribution < 1.29 is 13.2 Å². The molecule has 0 unspecified atom stereocenters. The predicted octanol–water partition coefficient (Wildman–Crippen LogP) is 5.57. The van der Waals surface area contributed by atoms with Gasteiger partial charge in [0.05, 0.1) is 5.56 Å². The fraction of sp³-hybridized carbons (Fsp3) is 0.217. The van der Waals surface area contributed by atoms with Crippen LogP contribution < -0.4 is 5.32 Å². The highest BCUT2D eigenvalue weighted by atomic mass is 19.4. The standard InChI is InChI=1S/C23H19F3N6/c24-23(25,26)17-12-6-4-10-15(17)20-27-18-13-7-5-11-16(18)21(28-20)30-22-29-19(31-32-22)14-8-2-1-3-9-14/h1-4,6,8-10,12H,5,7,11,13H2,(H2,27,28,29,30,31,32). The van der Waals surface area contributed by atoms with Crippen LogP contribution in [0.2, 0.25) is 0 Å². The summed E-state index contributed by atoms with van der Waals surface area (Å²) in [5, 5.41) is 10.2. The quantitative estimate of drug-likeness (QED) is 0.437. The molecule has 0 amide bonds. The first-order valence-electron chi connectivity index (χ1n) is 10.3. The predicted molar refractivity (Wildman–Crippen MR) is 114 cm³/mol. The highest BCUT2D eigenvalue weighted by Crippen LogP contribution is 2.37. The van der Waals surface area contributed by atoms with E-state index in [2.05, 4.69) is 30.5 Å². The summed E-state index contributed by atoms with van der Waals surface area (Å²) in [6.07, 6.45) is -1.17. The molecule has 0 spiro atoms. The Morgan fingerprint density at radius 3 is 2.41 bits per heavy atom. The van der Waals surface area contributed by atoms with E-state index >= 15 is 0 Å². The molecule has 1 aliphatic rings. The summed E-state index contributed by atoms with van der Waals surface area (Å²) in [6, 6.07) is 14.9. The van der Waals surface area contributed by atoms with Gasteiger partial charge in [-0.2, -0.15) is 18.2 Å². The van der Waals surface area contributed by atoms with E-state index in [0.717, 1.165) is 42.1 Å². The molecule has 2 heterocycles. The summed E-state index contributed by atoms with van der Waals surface area (Å²) in [7, 11) is 0. The van der Waals surface area contributed by atoms with Gasteiger partial charge in [0.2, 0.25) is 5.95 Å². The van der Waals surface area contributed by atoms with Gasteiger partial charge in [-0.3, -0.25) is 5.10 Å². The van der Waals surface area contributed by atoms with Gasteiger partial charge in [-0.25, -0.2) is 9.97 Å². The van der Waals surface area contributed by atoms with Gasteiger partial charge in [0.15, 0.2) is 11.6 Å². The molecule has 4 aromatic rings. The molecule has 0 atom stereocenters. The van der Waals surface area contributed by atoms with Crippen LogP contribution in [0.25, 0.3) is 22.8 Å². The Labute approximate surface area is 182 Å². The second-order valence-electron chi connectivity index (χ2n) is 7.57. The molecule has 0 radical (unpaired) electrons. The van der Waals surface area contributed by atoms with Crippen molar-refractivity contribution in [1.29, 1.82) is 0 Å². The Balaban J connectivity index is 1.56. The Hall–Kier alpha value is -3.75. The summed E-state index contributed by atoms with van der Waals surface area (Å²) in [5.41, 5.74) is 1.73. The van der Waals surface area contributed by atoms with Crippen LogP contribution in [0.15, 0.2) is 54.6 Å². The number of benzene rings is 2. The zero-order valence-electron chi connectivity index (χ0n) is 16.9. The number of aromatic amines is 1. The largest absolute Gasteiger partial charge is 0.417 e. The first kappa shape index (κ1) is 20.2. The molecule has 1 aliphatic carbocycles. The van der Waals surface area contributed by atoms with Crippen LogP contribution in [-0.2, 0) is 19.0 Å². The lowest BCUT2D eigenvalue weighted by Gasteiger charge is -2.20. The van der Waals surface area contributed by atoms with E-state index in [1.54, 1.807) is 6.07 Å². The molecule has 0 saturated heterocycles. The van der Waals surface area contributed by atoms with Crippen molar-refractivity contribution in [3.05, 3.63) is 71.4 Å². The molecule has 2 aromatic heterocycles. The Morgan fingerprint density at radius 1 is 0.844 bits per heavy atom. The van der Waals surface area contributed by atoms with Gasteiger partial charge in [-0.1, -0.05) is 48.5 Å². The number of rotatable bonds is 4.